The van der Waals surface area contributed by atoms with Gasteiger partial charge in [0.2, 0.25) is 0 Å². The predicted octanol–water partition coefficient (Wildman–Crippen LogP) is 4.41. The van der Waals surface area contributed by atoms with E-state index in [9.17, 15) is 13.2 Å². The lowest BCUT2D eigenvalue weighted by molar-refractivity contribution is -0.274. The molecule has 1 unspecified atom stereocenters. The van der Waals surface area contributed by atoms with Crippen LogP contribution in [0.15, 0.2) is 18.2 Å². The summed E-state index contributed by atoms with van der Waals surface area (Å²) in [6, 6.07) is 4.96. The number of hydrogen-bond donors (Lipinski definition) is 0. The first-order chi connectivity index (χ1) is 7.33. The largest absolute Gasteiger partial charge is 0.573 e. The smallest absolute Gasteiger partial charge is 0.406 e. The number of halogens is 3. The van der Waals surface area contributed by atoms with E-state index >= 15 is 0 Å². The van der Waals surface area contributed by atoms with E-state index in [4.69, 9.17) is 0 Å². The highest BCUT2D eigenvalue weighted by Gasteiger charge is 2.31. The second kappa shape index (κ2) is 4.76. The van der Waals surface area contributed by atoms with Gasteiger partial charge in [-0.2, -0.15) is 0 Å². The fourth-order valence-corrected chi connectivity index (χ4v) is 1.39. The van der Waals surface area contributed by atoms with E-state index < -0.39 is 6.36 Å². The fourth-order valence-electron chi connectivity index (χ4n) is 1.39. The van der Waals surface area contributed by atoms with Gasteiger partial charge in [-0.25, -0.2) is 0 Å². The Balaban J connectivity index is 2.99. The van der Waals surface area contributed by atoms with Gasteiger partial charge in [-0.1, -0.05) is 26.0 Å². The van der Waals surface area contributed by atoms with E-state index in [0.717, 1.165) is 12.0 Å². The molecule has 1 rings (SSSR count). The van der Waals surface area contributed by atoms with E-state index in [1.165, 1.54) is 6.07 Å². The molecular formula is C12H15F3O. The quantitative estimate of drug-likeness (QED) is 0.750. The molecule has 4 heteroatoms. The number of alkyl halides is 3. The fraction of sp³-hybridized carbons (Fsp3) is 0.500. The van der Waals surface area contributed by atoms with Crippen LogP contribution in [-0.4, -0.2) is 6.36 Å². The molecule has 0 aliphatic heterocycles. The molecule has 16 heavy (non-hydrogen) atoms. The highest BCUT2D eigenvalue weighted by atomic mass is 19.4. The van der Waals surface area contributed by atoms with Crippen LogP contribution in [0.4, 0.5) is 13.2 Å². The third kappa shape index (κ3) is 3.43. The first-order valence-electron chi connectivity index (χ1n) is 5.19. The molecule has 0 radical (unpaired) electrons. The zero-order valence-electron chi connectivity index (χ0n) is 9.56. The number of ether oxygens (including phenoxy) is 1. The molecule has 0 aliphatic rings. The average Bonchev–Trinajstić information content (AvgIpc) is 2.18. The van der Waals surface area contributed by atoms with Crippen molar-refractivity contribution in [1.82, 2.24) is 0 Å². The van der Waals surface area contributed by atoms with Crippen LogP contribution in [0.5, 0.6) is 5.75 Å². The van der Waals surface area contributed by atoms with Crippen molar-refractivity contribution in [1.29, 1.82) is 0 Å². The summed E-state index contributed by atoms with van der Waals surface area (Å²) in [7, 11) is 0. The summed E-state index contributed by atoms with van der Waals surface area (Å²) < 4.78 is 40.3. The van der Waals surface area contributed by atoms with Gasteiger partial charge in [0.05, 0.1) is 0 Å². The van der Waals surface area contributed by atoms with Crippen molar-refractivity contribution in [3.05, 3.63) is 29.3 Å². The first-order valence-corrected chi connectivity index (χ1v) is 5.19. The summed E-state index contributed by atoms with van der Waals surface area (Å²) in [4.78, 5) is 0. The van der Waals surface area contributed by atoms with Crippen molar-refractivity contribution in [3.63, 3.8) is 0 Å². The van der Waals surface area contributed by atoms with Crippen LogP contribution in [0.3, 0.4) is 0 Å². The second-order valence-electron chi connectivity index (χ2n) is 3.88. The van der Waals surface area contributed by atoms with Crippen molar-refractivity contribution in [3.8, 4) is 5.75 Å². The van der Waals surface area contributed by atoms with Crippen molar-refractivity contribution in [2.75, 3.05) is 0 Å². The minimum atomic E-state index is -4.63. The topological polar surface area (TPSA) is 9.23 Å². The van der Waals surface area contributed by atoms with Gasteiger partial charge in [0.1, 0.15) is 5.75 Å². The number of hydrogen-bond acceptors (Lipinski definition) is 1. The molecule has 1 atom stereocenters. The minimum Gasteiger partial charge on any atom is -0.406 e. The monoisotopic (exact) mass is 232 g/mol. The molecule has 0 bridgehead atoms. The third-order valence-corrected chi connectivity index (χ3v) is 2.62. The van der Waals surface area contributed by atoms with Crippen molar-refractivity contribution >= 4 is 0 Å². The van der Waals surface area contributed by atoms with Gasteiger partial charge in [0, 0.05) is 0 Å². The highest BCUT2D eigenvalue weighted by molar-refractivity contribution is 5.38. The third-order valence-electron chi connectivity index (χ3n) is 2.62. The lowest BCUT2D eigenvalue weighted by atomic mass is 9.97. The Hall–Kier alpha value is -1.19. The Morgan fingerprint density at radius 1 is 1.31 bits per heavy atom. The summed E-state index contributed by atoms with van der Waals surface area (Å²) >= 11 is 0. The number of rotatable bonds is 3. The van der Waals surface area contributed by atoms with Crippen LogP contribution in [0, 0.1) is 6.92 Å². The summed E-state index contributed by atoms with van der Waals surface area (Å²) in [5.41, 5.74) is 1.36. The van der Waals surface area contributed by atoms with Crippen molar-refractivity contribution in [2.24, 2.45) is 0 Å². The molecule has 0 spiro atoms. The van der Waals surface area contributed by atoms with Gasteiger partial charge < -0.3 is 4.74 Å². The summed E-state index contributed by atoms with van der Waals surface area (Å²) in [6.45, 7) is 5.57. The molecule has 1 nitrogen and oxygen atoms in total. The van der Waals surface area contributed by atoms with Crippen molar-refractivity contribution in [2.45, 2.75) is 39.5 Å². The normalized spacial score (nSPS) is 13.6. The van der Waals surface area contributed by atoms with Crippen LogP contribution in [0.1, 0.15) is 37.3 Å². The first kappa shape index (κ1) is 12.9. The zero-order chi connectivity index (χ0) is 12.3. The molecule has 0 amide bonds. The number of aryl methyl sites for hydroxylation is 1. The van der Waals surface area contributed by atoms with Gasteiger partial charge in [-0.15, -0.1) is 13.2 Å². The Kier molecular flexibility index (Phi) is 3.83. The lowest BCUT2D eigenvalue weighted by Crippen LogP contribution is -2.18. The molecule has 90 valence electrons. The van der Waals surface area contributed by atoms with Gasteiger partial charge in [0.15, 0.2) is 0 Å². The number of benzene rings is 1. The molecule has 0 heterocycles. The minimum absolute atomic E-state index is 0.106. The van der Waals surface area contributed by atoms with Crippen LogP contribution < -0.4 is 4.74 Å². The Labute approximate surface area is 93.2 Å². The molecular weight excluding hydrogens is 217 g/mol. The SMILES string of the molecule is CCC(C)c1ccc(C)c(OC(F)(F)F)c1. The van der Waals surface area contributed by atoms with E-state index in [1.807, 2.05) is 19.9 Å². The Morgan fingerprint density at radius 3 is 2.44 bits per heavy atom. The predicted molar refractivity (Wildman–Crippen MR) is 56.6 cm³/mol. The maximum absolute atomic E-state index is 12.1. The molecule has 0 fully saturated rings. The second-order valence-corrected chi connectivity index (χ2v) is 3.88. The van der Waals surface area contributed by atoms with Crippen LogP contribution in [0.2, 0.25) is 0 Å². The molecule has 0 aromatic heterocycles. The summed E-state index contributed by atoms with van der Waals surface area (Å²) in [6.07, 6.45) is -3.74. The van der Waals surface area contributed by atoms with Crippen molar-refractivity contribution < 1.29 is 17.9 Å². The van der Waals surface area contributed by atoms with Gasteiger partial charge >= 0.3 is 6.36 Å². The zero-order valence-corrected chi connectivity index (χ0v) is 9.56. The summed E-state index contributed by atoms with van der Waals surface area (Å²) in [5, 5.41) is 0. The van der Waals surface area contributed by atoms with E-state index in [1.54, 1.807) is 13.0 Å². The van der Waals surface area contributed by atoms with E-state index in [0.29, 0.717) is 5.56 Å². The van der Waals surface area contributed by atoms with E-state index in [2.05, 4.69) is 4.74 Å². The average molecular weight is 232 g/mol. The molecule has 0 saturated carbocycles. The highest BCUT2D eigenvalue weighted by Crippen LogP contribution is 2.30. The molecule has 0 aliphatic carbocycles. The Morgan fingerprint density at radius 2 is 1.94 bits per heavy atom. The molecule has 0 saturated heterocycles. The summed E-state index contributed by atoms with van der Waals surface area (Å²) in [5.74, 6) is 0.126. The Bertz CT molecular complexity index is 358. The van der Waals surface area contributed by atoms with Gasteiger partial charge in [-0.3, -0.25) is 0 Å². The molecule has 0 N–H and O–H groups in total. The van der Waals surface area contributed by atoms with E-state index in [-0.39, 0.29) is 11.7 Å². The maximum Gasteiger partial charge on any atom is 0.573 e. The lowest BCUT2D eigenvalue weighted by Gasteiger charge is -2.15. The molecule has 1 aromatic rings. The van der Waals surface area contributed by atoms with Gasteiger partial charge in [-0.05, 0) is 36.5 Å². The standard InChI is InChI=1S/C12H15F3O/c1-4-8(2)10-6-5-9(3)11(7-10)16-12(13,14)15/h5-8H,4H2,1-3H3. The molecule has 1 aromatic carbocycles. The van der Waals surface area contributed by atoms with Crippen LogP contribution in [-0.2, 0) is 0 Å². The van der Waals surface area contributed by atoms with Crippen LogP contribution >= 0.6 is 0 Å². The van der Waals surface area contributed by atoms with Crippen LogP contribution in [0.25, 0.3) is 0 Å². The van der Waals surface area contributed by atoms with Gasteiger partial charge in [0.25, 0.3) is 0 Å². The maximum atomic E-state index is 12.1.